The van der Waals surface area contributed by atoms with Crippen molar-refractivity contribution < 1.29 is 19.0 Å². The van der Waals surface area contributed by atoms with E-state index in [9.17, 15) is 4.79 Å². The van der Waals surface area contributed by atoms with Gasteiger partial charge in [0.15, 0.2) is 11.5 Å². The third-order valence-corrected chi connectivity index (χ3v) is 4.12. The van der Waals surface area contributed by atoms with Crippen LogP contribution in [-0.2, 0) is 11.2 Å². The minimum atomic E-state index is -0.00690. The Morgan fingerprint density at radius 2 is 1.92 bits per heavy atom. The lowest BCUT2D eigenvalue weighted by Gasteiger charge is -2.35. The van der Waals surface area contributed by atoms with E-state index >= 15 is 0 Å². The summed E-state index contributed by atoms with van der Waals surface area (Å²) >= 11 is 0. The van der Waals surface area contributed by atoms with Crippen LogP contribution in [0.5, 0.6) is 17.2 Å². The number of para-hydroxylation sites is 2. The minimum absolute atomic E-state index is 0.00690. The van der Waals surface area contributed by atoms with Gasteiger partial charge in [-0.1, -0.05) is 18.2 Å². The van der Waals surface area contributed by atoms with Crippen molar-refractivity contribution in [1.82, 2.24) is 0 Å². The van der Waals surface area contributed by atoms with Crippen molar-refractivity contribution in [2.45, 2.75) is 19.4 Å². The second-order valence-electron chi connectivity index (χ2n) is 5.76. The average Bonchev–Trinajstić information content (AvgIpc) is 2.61. The smallest absolute Gasteiger partial charge is 0.231 e. The van der Waals surface area contributed by atoms with Gasteiger partial charge in [0.05, 0.1) is 32.4 Å². The maximum Gasteiger partial charge on any atom is 0.231 e. The SMILES string of the molecule is COc1ccc(CC(=O)N2c3ccccc3OCC2C)cc1OC. The molecule has 0 N–H and O–H groups in total. The number of benzene rings is 2. The number of amides is 1. The van der Waals surface area contributed by atoms with Crippen LogP contribution in [0.2, 0.25) is 0 Å². The molecule has 0 fully saturated rings. The summed E-state index contributed by atoms with van der Waals surface area (Å²) in [7, 11) is 3.18. The normalized spacial score (nSPS) is 16.1. The highest BCUT2D eigenvalue weighted by Crippen LogP contribution is 2.34. The standard InChI is InChI=1S/C19H21NO4/c1-13-12-24-16-7-5-4-6-15(16)20(13)19(21)11-14-8-9-17(22-2)18(10-14)23-3/h4-10,13H,11-12H2,1-3H3. The minimum Gasteiger partial charge on any atom is -0.493 e. The molecule has 24 heavy (non-hydrogen) atoms. The van der Waals surface area contributed by atoms with Crippen molar-refractivity contribution in [3.05, 3.63) is 48.0 Å². The molecule has 1 heterocycles. The van der Waals surface area contributed by atoms with E-state index in [2.05, 4.69) is 0 Å². The molecule has 0 aromatic heterocycles. The number of anilines is 1. The van der Waals surface area contributed by atoms with Gasteiger partial charge >= 0.3 is 0 Å². The van der Waals surface area contributed by atoms with Crippen molar-refractivity contribution in [3.8, 4) is 17.2 Å². The molecule has 0 bridgehead atoms. The highest BCUT2D eigenvalue weighted by Gasteiger charge is 2.29. The number of methoxy groups -OCH3 is 2. The second kappa shape index (κ2) is 6.83. The molecule has 1 aliphatic heterocycles. The van der Waals surface area contributed by atoms with E-state index in [0.717, 1.165) is 17.0 Å². The molecule has 1 amide bonds. The third kappa shape index (κ3) is 3.02. The Kier molecular flexibility index (Phi) is 4.60. The summed E-state index contributed by atoms with van der Waals surface area (Å²) in [4.78, 5) is 14.7. The van der Waals surface area contributed by atoms with E-state index in [1.165, 1.54) is 0 Å². The van der Waals surface area contributed by atoms with Crippen LogP contribution in [-0.4, -0.2) is 32.8 Å². The van der Waals surface area contributed by atoms with Crippen LogP contribution in [0.1, 0.15) is 12.5 Å². The van der Waals surface area contributed by atoms with Gasteiger partial charge in [-0.3, -0.25) is 4.79 Å². The van der Waals surface area contributed by atoms with E-state index in [1.54, 1.807) is 14.2 Å². The van der Waals surface area contributed by atoms with E-state index in [1.807, 2.05) is 54.3 Å². The first-order chi connectivity index (χ1) is 11.6. The van der Waals surface area contributed by atoms with Crippen molar-refractivity contribution in [2.75, 3.05) is 25.7 Å². The summed E-state index contributed by atoms with van der Waals surface area (Å²) in [6.07, 6.45) is 0.291. The number of carbonyl (C=O) groups is 1. The fraction of sp³-hybridized carbons (Fsp3) is 0.316. The van der Waals surface area contributed by atoms with Gasteiger partial charge in [0.25, 0.3) is 0 Å². The van der Waals surface area contributed by atoms with Crippen LogP contribution >= 0.6 is 0 Å². The molecule has 0 saturated carbocycles. The molecule has 5 nitrogen and oxygen atoms in total. The summed E-state index contributed by atoms with van der Waals surface area (Å²) in [6.45, 7) is 2.48. The molecule has 2 aromatic rings. The molecule has 0 saturated heterocycles. The molecular formula is C19H21NO4. The van der Waals surface area contributed by atoms with Crippen molar-refractivity contribution in [3.63, 3.8) is 0 Å². The van der Waals surface area contributed by atoms with Crippen molar-refractivity contribution in [2.24, 2.45) is 0 Å². The third-order valence-electron chi connectivity index (χ3n) is 4.12. The van der Waals surface area contributed by atoms with Crippen LogP contribution in [0.15, 0.2) is 42.5 Å². The average molecular weight is 327 g/mol. The first-order valence-corrected chi connectivity index (χ1v) is 7.89. The van der Waals surface area contributed by atoms with Gasteiger partial charge in [-0.2, -0.15) is 0 Å². The topological polar surface area (TPSA) is 48.0 Å². The number of carbonyl (C=O) groups excluding carboxylic acids is 1. The van der Waals surface area contributed by atoms with Crippen molar-refractivity contribution >= 4 is 11.6 Å². The number of hydrogen-bond acceptors (Lipinski definition) is 4. The Balaban J connectivity index is 1.85. The predicted octanol–water partition coefficient (Wildman–Crippen LogP) is 3.06. The highest BCUT2D eigenvalue weighted by molar-refractivity contribution is 5.97. The van der Waals surface area contributed by atoms with E-state index in [-0.39, 0.29) is 11.9 Å². The van der Waals surface area contributed by atoms with Crippen LogP contribution in [0.25, 0.3) is 0 Å². The molecule has 126 valence electrons. The number of hydrogen-bond donors (Lipinski definition) is 0. The number of rotatable bonds is 4. The Bertz CT molecular complexity index is 744. The molecule has 1 atom stereocenters. The summed E-state index contributed by atoms with van der Waals surface area (Å²) in [5.74, 6) is 2.05. The van der Waals surface area contributed by atoms with Gasteiger partial charge in [-0.15, -0.1) is 0 Å². The monoisotopic (exact) mass is 327 g/mol. The van der Waals surface area contributed by atoms with E-state index in [4.69, 9.17) is 14.2 Å². The molecule has 5 heteroatoms. The Morgan fingerprint density at radius 1 is 1.17 bits per heavy atom. The molecule has 3 rings (SSSR count). The highest BCUT2D eigenvalue weighted by atomic mass is 16.5. The van der Waals surface area contributed by atoms with Gasteiger partial charge in [0, 0.05) is 0 Å². The van der Waals surface area contributed by atoms with E-state index < -0.39 is 0 Å². The zero-order chi connectivity index (χ0) is 17.1. The molecule has 0 aliphatic carbocycles. The summed E-state index contributed by atoms with van der Waals surface area (Å²) in [5.41, 5.74) is 1.70. The Hall–Kier alpha value is -2.69. The lowest BCUT2D eigenvalue weighted by molar-refractivity contribution is -0.118. The van der Waals surface area contributed by atoms with Gasteiger partial charge in [0.2, 0.25) is 5.91 Å². The molecular weight excluding hydrogens is 306 g/mol. The molecule has 0 spiro atoms. The quantitative estimate of drug-likeness (QED) is 0.866. The predicted molar refractivity (Wildman–Crippen MR) is 92.1 cm³/mol. The summed E-state index contributed by atoms with van der Waals surface area (Å²) < 4.78 is 16.3. The lowest BCUT2D eigenvalue weighted by Crippen LogP contribution is -2.45. The maximum absolute atomic E-state index is 12.9. The van der Waals surface area contributed by atoms with Crippen LogP contribution in [0, 0.1) is 0 Å². The zero-order valence-electron chi connectivity index (χ0n) is 14.1. The fourth-order valence-electron chi connectivity index (χ4n) is 2.93. The first kappa shape index (κ1) is 16.2. The number of ether oxygens (including phenoxy) is 3. The second-order valence-corrected chi connectivity index (χ2v) is 5.76. The molecule has 2 aromatic carbocycles. The first-order valence-electron chi connectivity index (χ1n) is 7.89. The van der Waals surface area contributed by atoms with Gasteiger partial charge in [0.1, 0.15) is 12.4 Å². The van der Waals surface area contributed by atoms with Crippen LogP contribution < -0.4 is 19.1 Å². The zero-order valence-corrected chi connectivity index (χ0v) is 14.1. The Morgan fingerprint density at radius 3 is 2.67 bits per heavy atom. The molecule has 1 unspecified atom stereocenters. The number of fused-ring (bicyclic) bond motifs is 1. The van der Waals surface area contributed by atoms with Gasteiger partial charge < -0.3 is 19.1 Å². The summed E-state index contributed by atoms with van der Waals surface area (Å²) in [5, 5.41) is 0. The van der Waals surface area contributed by atoms with Gasteiger partial charge in [-0.05, 0) is 36.8 Å². The van der Waals surface area contributed by atoms with E-state index in [0.29, 0.717) is 24.5 Å². The van der Waals surface area contributed by atoms with Crippen LogP contribution in [0.3, 0.4) is 0 Å². The lowest BCUT2D eigenvalue weighted by atomic mass is 10.1. The Labute approximate surface area is 141 Å². The number of nitrogens with zero attached hydrogens (tertiary/aromatic N) is 1. The van der Waals surface area contributed by atoms with Gasteiger partial charge in [-0.25, -0.2) is 0 Å². The summed E-state index contributed by atoms with van der Waals surface area (Å²) in [6, 6.07) is 13.2. The van der Waals surface area contributed by atoms with Crippen molar-refractivity contribution in [1.29, 1.82) is 0 Å². The maximum atomic E-state index is 12.9. The largest absolute Gasteiger partial charge is 0.493 e. The fourth-order valence-corrected chi connectivity index (χ4v) is 2.93. The molecule has 1 aliphatic rings. The van der Waals surface area contributed by atoms with Crippen LogP contribution in [0.4, 0.5) is 5.69 Å². The molecule has 0 radical (unpaired) electrons.